The van der Waals surface area contributed by atoms with Gasteiger partial charge in [0.05, 0.1) is 5.41 Å². The van der Waals surface area contributed by atoms with Crippen LogP contribution in [0.4, 0.5) is 0 Å². The van der Waals surface area contributed by atoms with Gasteiger partial charge in [-0.05, 0) is 87.9 Å². The zero-order chi connectivity index (χ0) is 14.2. The van der Waals surface area contributed by atoms with E-state index in [2.05, 4.69) is 19.1 Å². The van der Waals surface area contributed by atoms with Crippen LogP contribution < -0.4 is 0 Å². The maximum absolute atomic E-state index is 13.0. The Kier molecular flexibility index (Phi) is 2.39. The van der Waals surface area contributed by atoms with Crippen molar-refractivity contribution in [2.75, 3.05) is 0 Å². The molecule has 2 heteroatoms. The summed E-state index contributed by atoms with van der Waals surface area (Å²) in [5.41, 5.74) is -0.302. The van der Waals surface area contributed by atoms with Crippen LogP contribution in [0.5, 0.6) is 0 Å². The van der Waals surface area contributed by atoms with Crippen molar-refractivity contribution in [1.29, 1.82) is 0 Å². The summed E-state index contributed by atoms with van der Waals surface area (Å²) >= 11 is 0. The van der Waals surface area contributed by atoms with Gasteiger partial charge in [0.25, 0.3) is 0 Å². The summed E-state index contributed by atoms with van der Waals surface area (Å²) in [4.78, 5) is 13.0. The van der Waals surface area contributed by atoms with Crippen LogP contribution in [0.25, 0.3) is 0 Å². The third-order valence-corrected chi connectivity index (χ3v) is 7.43. The second-order valence-corrected chi connectivity index (χ2v) is 9.10. The summed E-state index contributed by atoms with van der Waals surface area (Å²) in [6.07, 6.45) is 14.5. The lowest BCUT2D eigenvalue weighted by Crippen LogP contribution is -2.54. The van der Waals surface area contributed by atoms with Crippen molar-refractivity contribution in [1.82, 2.24) is 0 Å². The number of esters is 1. The van der Waals surface area contributed by atoms with Crippen molar-refractivity contribution < 1.29 is 9.53 Å². The fraction of sp³-hybridized carbons (Fsp3) is 0.842. The van der Waals surface area contributed by atoms with Gasteiger partial charge in [-0.15, -0.1) is 0 Å². The number of hydrogen-bond donors (Lipinski definition) is 0. The molecule has 0 saturated heterocycles. The number of rotatable bonds is 2. The number of hydrogen-bond acceptors (Lipinski definition) is 2. The second kappa shape index (κ2) is 3.94. The molecular weight excluding hydrogens is 260 g/mol. The largest absolute Gasteiger partial charge is 0.459 e. The van der Waals surface area contributed by atoms with E-state index < -0.39 is 0 Å². The van der Waals surface area contributed by atoms with Crippen LogP contribution in [0.3, 0.4) is 0 Å². The Morgan fingerprint density at radius 1 is 0.952 bits per heavy atom. The van der Waals surface area contributed by atoms with Gasteiger partial charge in [-0.2, -0.15) is 0 Å². The molecule has 0 amide bonds. The number of fused-ring (bicyclic) bond motifs is 2. The SMILES string of the molecule is CC1(C(=O)OC23CC4CC(CC(C4)C2)C3)CC2C=CC1C2. The molecule has 6 aliphatic rings. The van der Waals surface area contributed by atoms with Crippen molar-refractivity contribution in [2.45, 2.75) is 63.9 Å². The Balaban J connectivity index is 1.38. The average Bonchev–Trinajstić information content (AvgIpc) is 2.96. The molecular formula is C19H26O2. The molecule has 3 unspecified atom stereocenters. The molecule has 114 valence electrons. The molecule has 21 heavy (non-hydrogen) atoms. The van der Waals surface area contributed by atoms with Gasteiger partial charge in [-0.1, -0.05) is 12.2 Å². The van der Waals surface area contributed by atoms with E-state index in [-0.39, 0.29) is 17.0 Å². The molecule has 5 fully saturated rings. The van der Waals surface area contributed by atoms with Gasteiger partial charge in [0.2, 0.25) is 0 Å². The molecule has 6 bridgehead atoms. The van der Waals surface area contributed by atoms with Gasteiger partial charge < -0.3 is 4.74 Å². The van der Waals surface area contributed by atoms with E-state index >= 15 is 0 Å². The Morgan fingerprint density at radius 2 is 1.57 bits per heavy atom. The Bertz CT molecular complexity index is 484. The lowest BCUT2D eigenvalue weighted by molar-refractivity contribution is -0.198. The van der Waals surface area contributed by atoms with Crippen LogP contribution in [-0.2, 0) is 9.53 Å². The Morgan fingerprint density at radius 3 is 2.05 bits per heavy atom. The van der Waals surface area contributed by atoms with Crippen molar-refractivity contribution in [2.24, 2.45) is 35.0 Å². The van der Waals surface area contributed by atoms with Gasteiger partial charge in [0.15, 0.2) is 0 Å². The van der Waals surface area contributed by atoms with Crippen LogP contribution in [0.15, 0.2) is 12.2 Å². The lowest BCUT2D eigenvalue weighted by Gasteiger charge is -2.56. The zero-order valence-corrected chi connectivity index (χ0v) is 13.0. The fourth-order valence-corrected chi connectivity index (χ4v) is 6.80. The molecule has 6 aliphatic carbocycles. The quantitative estimate of drug-likeness (QED) is 0.564. The molecule has 0 N–H and O–H groups in total. The van der Waals surface area contributed by atoms with Crippen molar-refractivity contribution in [3.63, 3.8) is 0 Å². The van der Waals surface area contributed by atoms with E-state index in [0.717, 1.165) is 43.4 Å². The van der Waals surface area contributed by atoms with Gasteiger partial charge in [0.1, 0.15) is 5.60 Å². The van der Waals surface area contributed by atoms with Crippen LogP contribution in [0.2, 0.25) is 0 Å². The highest BCUT2D eigenvalue weighted by molar-refractivity contribution is 5.78. The van der Waals surface area contributed by atoms with Crippen molar-refractivity contribution >= 4 is 5.97 Å². The van der Waals surface area contributed by atoms with E-state index in [1.54, 1.807) is 0 Å². The van der Waals surface area contributed by atoms with E-state index in [0.29, 0.717) is 11.8 Å². The van der Waals surface area contributed by atoms with Crippen LogP contribution >= 0.6 is 0 Å². The average molecular weight is 286 g/mol. The molecule has 0 aliphatic heterocycles. The zero-order valence-electron chi connectivity index (χ0n) is 13.0. The fourth-order valence-electron chi connectivity index (χ4n) is 6.80. The molecule has 3 atom stereocenters. The molecule has 6 rings (SSSR count). The second-order valence-electron chi connectivity index (χ2n) is 9.10. The molecule has 0 heterocycles. The number of ether oxygens (including phenoxy) is 1. The third-order valence-electron chi connectivity index (χ3n) is 7.43. The summed E-state index contributed by atoms with van der Waals surface area (Å²) in [5.74, 6) is 3.72. The normalized spacial score (nSPS) is 56.1. The molecule has 2 nitrogen and oxygen atoms in total. The van der Waals surface area contributed by atoms with Gasteiger partial charge in [-0.25, -0.2) is 0 Å². The predicted octanol–water partition coefficient (Wildman–Crippen LogP) is 4.10. The summed E-state index contributed by atoms with van der Waals surface area (Å²) in [6.45, 7) is 2.16. The highest BCUT2D eigenvalue weighted by atomic mass is 16.6. The Labute approximate surface area is 127 Å². The minimum atomic E-state index is -0.233. The predicted molar refractivity (Wildman–Crippen MR) is 80.5 cm³/mol. The van der Waals surface area contributed by atoms with Crippen molar-refractivity contribution in [3.05, 3.63) is 12.2 Å². The van der Waals surface area contributed by atoms with Crippen molar-refractivity contribution in [3.8, 4) is 0 Å². The maximum Gasteiger partial charge on any atom is 0.312 e. The smallest absolute Gasteiger partial charge is 0.312 e. The van der Waals surface area contributed by atoms with Gasteiger partial charge in [-0.3, -0.25) is 4.79 Å². The van der Waals surface area contributed by atoms with E-state index in [9.17, 15) is 4.79 Å². The molecule has 0 aromatic heterocycles. The Hall–Kier alpha value is -0.790. The molecule has 0 spiro atoms. The van der Waals surface area contributed by atoms with E-state index in [4.69, 9.17) is 4.74 Å². The van der Waals surface area contributed by atoms with Crippen LogP contribution in [-0.4, -0.2) is 11.6 Å². The first-order chi connectivity index (χ1) is 10.0. The van der Waals surface area contributed by atoms with Gasteiger partial charge in [0, 0.05) is 0 Å². The molecule has 0 radical (unpaired) electrons. The monoisotopic (exact) mass is 286 g/mol. The third kappa shape index (κ3) is 1.74. The number of carbonyl (C=O) groups excluding carboxylic acids is 1. The summed E-state index contributed by atoms with van der Waals surface area (Å²) < 4.78 is 6.32. The minimum Gasteiger partial charge on any atom is -0.459 e. The topological polar surface area (TPSA) is 26.3 Å². The lowest BCUT2D eigenvalue weighted by atomic mass is 9.54. The standard InChI is InChI=1S/C19H26O2/c1-18(8-12-2-3-16(18)7-12)17(20)21-19-9-13-4-14(10-19)6-15(5-13)11-19/h2-3,12-16H,4-11H2,1H3. The first kappa shape index (κ1) is 12.7. The first-order valence-electron chi connectivity index (χ1n) is 8.96. The van der Waals surface area contributed by atoms with Gasteiger partial charge >= 0.3 is 5.97 Å². The van der Waals surface area contributed by atoms with E-state index in [1.807, 2.05) is 0 Å². The summed E-state index contributed by atoms with van der Waals surface area (Å²) in [5, 5.41) is 0. The highest BCUT2D eigenvalue weighted by Crippen LogP contribution is 2.59. The molecule has 5 saturated carbocycles. The molecule has 0 aromatic carbocycles. The number of allylic oxidation sites excluding steroid dienone is 2. The molecule has 0 aromatic rings. The number of carbonyl (C=O) groups is 1. The highest BCUT2D eigenvalue weighted by Gasteiger charge is 2.57. The maximum atomic E-state index is 13.0. The van der Waals surface area contributed by atoms with E-state index in [1.165, 1.54) is 25.7 Å². The summed E-state index contributed by atoms with van der Waals surface area (Å²) in [7, 11) is 0. The minimum absolute atomic E-state index is 0.0691. The van der Waals surface area contributed by atoms with Crippen LogP contribution in [0.1, 0.15) is 58.3 Å². The first-order valence-corrected chi connectivity index (χ1v) is 8.96. The summed E-state index contributed by atoms with van der Waals surface area (Å²) in [6, 6.07) is 0. The van der Waals surface area contributed by atoms with Crippen LogP contribution in [0, 0.1) is 35.0 Å².